The van der Waals surface area contributed by atoms with Gasteiger partial charge in [-0.2, -0.15) is 0 Å². The number of aliphatic hydroxyl groups is 4. The third-order valence-corrected chi connectivity index (χ3v) is 3.49. The monoisotopic (exact) mass is 248 g/mol. The molecule has 0 aromatic heterocycles. The molecule has 0 aromatic carbocycles. The van der Waals surface area contributed by atoms with E-state index in [1.807, 2.05) is 0 Å². The van der Waals surface area contributed by atoms with E-state index >= 15 is 0 Å². The van der Waals surface area contributed by atoms with Crippen LogP contribution in [-0.2, 0) is 9.47 Å². The first-order chi connectivity index (χ1) is 8.13. The summed E-state index contributed by atoms with van der Waals surface area (Å²) in [5, 5.41) is 38.1. The van der Waals surface area contributed by atoms with Crippen LogP contribution in [-0.4, -0.2) is 63.8 Å². The van der Waals surface area contributed by atoms with Gasteiger partial charge in [0.25, 0.3) is 0 Å². The molecule has 1 saturated heterocycles. The van der Waals surface area contributed by atoms with Crippen molar-refractivity contribution in [3.8, 4) is 0 Å². The summed E-state index contributed by atoms with van der Waals surface area (Å²) in [6.07, 6.45) is -1.76. The van der Waals surface area contributed by atoms with Crippen LogP contribution in [0.5, 0.6) is 0 Å². The first kappa shape index (κ1) is 13.2. The molecule has 1 saturated carbocycles. The molecule has 0 unspecified atom stereocenters. The second kappa shape index (κ2) is 5.60. The molecule has 0 aromatic rings. The predicted molar refractivity (Wildman–Crippen MR) is 57.1 cm³/mol. The average molecular weight is 248 g/mol. The molecule has 1 aliphatic heterocycles. The molecule has 17 heavy (non-hydrogen) atoms. The number of ether oxygens (including phenoxy) is 2. The Morgan fingerprint density at radius 2 is 1.71 bits per heavy atom. The maximum Gasteiger partial charge on any atom is 0.184 e. The van der Waals surface area contributed by atoms with Gasteiger partial charge in [0.2, 0.25) is 0 Å². The van der Waals surface area contributed by atoms with Gasteiger partial charge in [-0.1, -0.05) is 12.8 Å². The molecule has 4 N–H and O–H groups in total. The van der Waals surface area contributed by atoms with Gasteiger partial charge in [0.05, 0.1) is 12.7 Å². The first-order valence-corrected chi connectivity index (χ1v) is 6.09. The minimum absolute atomic E-state index is 0.00535. The first-order valence-electron chi connectivity index (χ1n) is 6.09. The summed E-state index contributed by atoms with van der Waals surface area (Å²) < 4.78 is 10.6. The molecule has 100 valence electrons. The zero-order valence-corrected chi connectivity index (χ0v) is 9.60. The Morgan fingerprint density at radius 3 is 2.29 bits per heavy atom. The van der Waals surface area contributed by atoms with E-state index in [0.29, 0.717) is 0 Å². The quantitative estimate of drug-likeness (QED) is 0.498. The summed E-state index contributed by atoms with van der Waals surface area (Å²) in [6.45, 7) is -0.453. The van der Waals surface area contributed by atoms with Crippen LogP contribution in [0.1, 0.15) is 25.7 Å². The fraction of sp³-hybridized carbons (Fsp3) is 1.00. The fourth-order valence-corrected chi connectivity index (χ4v) is 2.47. The number of hydrogen-bond donors (Lipinski definition) is 4. The Balaban J connectivity index is 1.96. The topological polar surface area (TPSA) is 99.4 Å². The maximum absolute atomic E-state index is 9.84. The van der Waals surface area contributed by atoms with Crippen LogP contribution in [0.4, 0.5) is 0 Å². The van der Waals surface area contributed by atoms with Gasteiger partial charge in [-0.25, -0.2) is 0 Å². The second-order valence-corrected chi connectivity index (χ2v) is 4.74. The Hall–Kier alpha value is -0.240. The third-order valence-electron chi connectivity index (χ3n) is 3.49. The Bertz CT molecular complexity index is 242. The Labute approximate surface area is 99.8 Å². The molecule has 2 rings (SSSR count). The highest BCUT2D eigenvalue weighted by atomic mass is 16.7. The van der Waals surface area contributed by atoms with Gasteiger partial charge in [-0.05, 0) is 12.8 Å². The minimum atomic E-state index is -1.31. The van der Waals surface area contributed by atoms with E-state index in [1.54, 1.807) is 0 Å². The molecule has 0 spiro atoms. The highest BCUT2D eigenvalue weighted by Gasteiger charge is 2.45. The van der Waals surface area contributed by atoms with Crippen molar-refractivity contribution in [1.29, 1.82) is 0 Å². The van der Waals surface area contributed by atoms with Crippen molar-refractivity contribution < 1.29 is 29.9 Å². The fourth-order valence-electron chi connectivity index (χ4n) is 2.47. The average Bonchev–Trinajstić information content (AvgIpc) is 2.82. The molecule has 2 aliphatic rings. The summed E-state index contributed by atoms with van der Waals surface area (Å²) in [5.41, 5.74) is 0. The van der Waals surface area contributed by atoms with Crippen molar-refractivity contribution in [3.63, 3.8) is 0 Å². The van der Waals surface area contributed by atoms with Gasteiger partial charge >= 0.3 is 0 Å². The number of aliphatic hydroxyl groups excluding tert-OH is 4. The van der Waals surface area contributed by atoms with Crippen molar-refractivity contribution in [2.75, 3.05) is 6.61 Å². The van der Waals surface area contributed by atoms with E-state index < -0.39 is 37.3 Å². The lowest BCUT2D eigenvalue weighted by Gasteiger charge is -2.40. The summed E-state index contributed by atoms with van der Waals surface area (Å²) in [5.74, 6) is 0. The van der Waals surface area contributed by atoms with E-state index in [1.165, 1.54) is 0 Å². The Morgan fingerprint density at radius 1 is 1.06 bits per heavy atom. The molecule has 0 radical (unpaired) electrons. The predicted octanol–water partition coefficient (Wildman–Crippen LogP) is -1.25. The Kier molecular flexibility index (Phi) is 4.35. The summed E-state index contributed by atoms with van der Waals surface area (Å²) in [7, 11) is 0. The molecular formula is C11H20O6. The molecule has 1 heterocycles. The van der Waals surface area contributed by atoms with Crippen LogP contribution in [0, 0.1) is 0 Å². The molecular weight excluding hydrogens is 228 g/mol. The molecule has 1 aliphatic carbocycles. The lowest BCUT2D eigenvalue weighted by molar-refractivity contribution is -0.303. The zero-order valence-electron chi connectivity index (χ0n) is 9.60. The van der Waals surface area contributed by atoms with Crippen LogP contribution in [0.3, 0.4) is 0 Å². The van der Waals surface area contributed by atoms with E-state index in [2.05, 4.69) is 0 Å². The van der Waals surface area contributed by atoms with Crippen LogP contribution in [0.2, 0.25) is 0 Å². The van der Waals surface area contributed by atoms with Gasteiger partial charge < -0.3 is 29.9 Å². The standard InChI is InChI=1S/C11H20O6/c12-5-7-8(13)9(14)10(11(15)17-7)16-6-3-1-2-4-6/h6-15H,1-5H2/t7-,8+,9+,10-,11+/m1/s1. The molecule has 0 amide bonds. The smallest absolute Gasteiger partial charge is 0.184 e. The highest BCUT2D eigenvalue weighted by Crippen LogP contribution is 2.28. The lowest BCUT2D eigenvalue weighted by Crippen LogP contribution is -2.59. The summed E-state index contributed by atoms with van der Waals surface area (Å²) in [4.78, 5) is 0. The van der Waals surface area contributed by atoms with Crippen molar-refractivity contribution in [2.24, 2.45) is 0 Å². The number of rotatable bonds is 3. The highest BCUT2D eigenvalue weighted by molar-refractivity contribution is 4.90. The van der Waals surface area contributed by atoms with Crippen molar-refractivity contribution in [1.82, 2.24) is 0 Å². The zero-order chi connectivity index (χ0) is 12.4. The summed E-state index contributed by atoms with van der Waals surface area (Å²) in [6, 6.07) is 0. The van der Waals surface area contributed by atoms with Crippen LogP contribution < -0.4 is 0 Å². The van der Waals surface area contributed by atoms with Crippen LogP contribution in [0.25, 0.3) is 0 Å². The molecule has 0 bridgehead atoms. The molecule has 5 atom stereocenters. The van der Waals surface area contributed by atoms with Gasteiger partial charge in [0, 0.05) is 0 Å². The van der Waals surface area contributed by atoms with Gasteiger partial charge in [-0.3, -0.25) is 0 Å². The van der Waals surface area contributed by atoms with E-state index in [0.717, 1.165) is 25.7 Å². The third kappa shape index (κ3) is 2.78. The van der Waals surface area contributed by atoms with Crippen LogP contribution in [0.15, 0.2) is 0 Å². The van der Waals surface area contributed by atoms with Crippen molar-refractivity contribution in [3.05, 3.63) is 0 Å². The lowest BCUT2D eigenvalue weighted by atomic mass is 9.99. The SMILES string of the molecule is OC[C@H]1O[C@H](O)[C@H](OC2CCCC2)[C@@H](O)[C@H]1O. The van der Waals surface area contributed by atoms with Gasteiger partial charge in [0.15, 0.2) is 6.29 Å². The van der Waals surface area contributed by atoms with E-state index in [9.17, 15) is 15.3 Å². The maximum atomic E-state index is 9.84. The normalized spacial score (nSPS) is 44.1. The van der Waals surface area contributed by atoms with Gasteiger partial charge in [-0.15, -0.1) is 0 Å². The summed E-state index contributed by atoms with van der Waals surface area (Å²) >= 11 is 0. The van der Waals surface area contributed by atoms with Crippen LogP contribution >= 0.6 is 0 Å². The number of hydrogen-bond acceptors (Lipinski definition) is 6. The van der Waals surface area contributed by atoms with E-state index in [-0.39, 0.29) is 6.10 Å². The largest absolute Gasteiger partial charge is 0.394 e. The van der Waals surface area contributed by atoms with Crippen molar-refractivity contribution >= 4 is 0 Å². The molecule has 2 fully saturated rings. The van der Waals surface area contributed by atoms with Gasteiger partial charge in [0.1, 0.15) is 24.4 Å². The molecule has 6 heteroatoms. The molecule has 6 nitrogen and oxygen atoms in total. The second-order valence-electron chi connectivity index (χ2n) is 4.74. The minimum Gasteiger partial charge on any atom is -0.394 e. The van der Waals surface area contributed by atoms with E-state index in [4.69, 9.17) is 14.6 Å². The van der Waals surface area contributed by atoms with Crippen molar-refractivity contribution in [2.45, 2.75) is 62.5 Å².